The molecule has 1 aliphatic heterocycles. The molecule has 0 aromatic heterocycles. The van der Waals surface area contributed by atoms with Crippen molar-refractivity contribution in [3.8, 4) is 5.75 Å². The van der Waals surface area contributed by atoms with Crippen LogP contribution < -0.4 is 20.8 Å². The molecule has 2 aromatic carbocycles. The summed E-state index contributed by atoms with van der Waals surface area (Å²) in [6, 6.07) is 14.0. The van der Waals surface area contributed by atoms with Crippen LogP contribution in [0, 0.1) is 0 Å². The molecular weight excluding hydrogens is 508 g/mol. The van der Waals surface area contributed by atoms with Gasteiger partial charge in [0.25, 0.3) is 5.91 Å². The van der Waals surface area contributed by atoms with Gasteiger partial charge in [0.05, 0.1) is 24.4 Å². The molecule has 2 aromatic rings. The third-order valence-corrected chi connectivity index (χ3v) is 5.37. The summed E-state index contributed by atoms with van der Waals surface area (Å²) in [4.78, 5) is 24.8. The number of hydrogen-bond donors (Lipinski definition) is 3. The number of carbonyl (C=O) groups excluding carboxylic acids is 2. The average molecular weight is 531 g/mol. The zero-order chi connectivity index (χ0) is 23.8. The molecule has 3 rings (SSSR count). The third-order valence-electron chi connectivity index (χ3n) is 4.63. The lowest BCUT2D eigenvalue weighted by Gasteiger charge is -2.30. The average Bonchev–Trinajstić information content (AvgIpc) is 2.79. The largest absolute Gasteiger partial charge is 0.483 e. The Bertz CT molecular complexity index is 1100. The highest BCUT2D eigenvalue weighted by Crippen LogP contribution is 2.33. The van der Waals surface area contributed by atoms with Crippen molar-refractivity contribution >= 4 is 51.4 Å². The Kier molecular flexibility index (Phi) is 8.56. The highest BCUT2D eigenvalue weighted by atomic mass is 79.9. The molecule has 1 aliphatic rings. The number of para-hydroxylation sites is 1. The number of rotatable bonds is 8. The smallest absolute Gasteiger partial charge is 0.338 e. The van der Waals surface area contributed by atoms with E-state index in [1.54, 1.807) is 32.0 Å². The molecule has 1 heterocycles. The summed E-state index contributed by atoms with van der Waals surface area (Å²) in [5.74, 6) is -0.456. The van der Waals surface area contributed by atoms with Crippen LogP contribution in [-0.2, 0) is 14.3 Å². The van der Waals surface area contributed by atoms with Crippen LogP contribution in [0.25, 0.3) is 0 Å². The lowest BCUT2D eigenvalue weighted by Crippen LogP contribution is -2.45. The van der Waals surface area contributed by atoms with E-state index in [0.717, 1.165) is 10.0 Å². The molecule has 0 bridgehead atoms. The van der Waals surface area contributed by atoms with Crippen LogP contribution in [-0.4, -0.2) is 36.4 Å². The second-order valence-corrected chi connectivity index (χ2v) is 8.29. The lowest BCUT2D eigenvalue weighted by molar-refractivity contribution is -0.139. The Balaban J connectivity index is 1.71. The van der Waals surface area contributed by atoms with E-state index < -0.39 is 17.9 Å². The molecule has 1 atom stereocenters. The molecule has 33 heavy (non-hydrogen) atoms. The van der Waals surface area contributed by atoms with Crippen LogP contribution in [0.15, 0.2) is 69.4 Å². The molecule has 10 heteroatoms. The molecule has 3 N–H and O–H groups in total. The van der Waals surface area contributed by atoms with E-state index in [1.165, 1.54) is 6.21 Å². The van der Waals surface area contributed by atoms with E-state index in [-0.39, 0.29) is 13.2 Å². The predicted molar refractivity (Wildman–Crippen MR) is 133 cm³/mol. The van der Waals surface area contributed by atoms with E-state index >= 15 is 0 Å². The Labute approximate surface area is 205 Å². The van der Waals surface area contributed by atoms with E-state index in [9.17, 15) is 9.59 Å². The molecular formula is C23H23BrN4O4S. The molecule has 8 nitrogen and oxygen atoms in total. The molecule has 0 unspecified atom stereocenters. The minimum absolute atomic E-state index is 0.242. The number of halogens is 1. The first-order valence-corrected chi connectivity index (χ1v) is 11.3. The highest BCUT2D eigenvalue weighted by Gasteiger charge is 2.32. The summed E-state index contributed by atoms with van der Waals surface area (Å²) in [5, 5.41) is 10.4. The van der Waals surface area contributed by atoms with Crippen molar-refractivity contribution in [2.24, 2.45) is 5.10 Å². The van der Waals surface area contributed by atoms with Gasteiger partial charge in [0.1, 0.15) is 5.75 Å². The number of nitrogens with zero attached hydrogens (tertiary/aromatic N) is 1. The van der Waals surface area contributed by atoms with Gasteiger partial charge in [0, 0.05) is 15.7 Å². The minimum Gasteiger partial charge on any atom is -0.483 e. The molecule has 0 spiro atoms. The number of ether oxygens (including phenoxy) is 2. The van der Waals surface area contributed by atoms with Gasteiger partial charge in [-0.25, -0.2) is 10.2 Å². The first-order chi connectivity index (χ1) is 15.9. The number of thiocarbonyl (C=S) groups is 1. The van der Waals surface area contributed by atoms with Crippen molar-refractivity contribution in [2.45, 2.75) is 19.9 Å². The Morgan fingerprint density at radius 3 is 2.67 bits per heavy atom. The maximum Gasteiger partial charge on any atom is 0.338 e. The Morgan fingerprint density at radius 2 is 1.94 bits per heavy atom. The van der Waals surface area contributed by atoms with Gasteiger partial charge >= 0.3 is 5.97 Å². The SMILES string of the molecule is CCOC(=O)C1=C(C)NC(=S)N[C@H]1c1ccccc1OCC(=O)NN=Cc1ccc(Br)cc1. The molecule has 0 fully saturated rings. The summed E-state index contributed by atoms with van der Waals surface area (Å²) < 4.78 is 11.9. The molecule has 172 valence electrons. The van der Waals surface area contributed by atoms with E-state index in [2.05, 4.69) is 37.1 Å². The first kappa shape index (κ1) is 24.4. The second kappa shape index (κ2) is 11.6. The fourth-order valence-electron chi connectivity index (χ4n) is 3.16. The van der Waals surface area contributed by atoms with Gasteiger partial charge in [-0.2, -0.15) is 5.10 Å². The van der Waals surface area contributed by atoms with Gasteiger partial charge in [0.2, 0.25) is 0 Å². The monoisotopic (exact) mass is 530 g/mol. The zero-order valence-electron chi connectivity index (χ0n) is 18.1. The van der Waals surface area contributed by atoms with Crippen molar-refractivity contribution < 1.29 is 19.1 Å². The quantitative estimate of drug-likeness (QED) is 0.208. The number of carbonyl (C=O) groups is 2. The standard InChI is InChI=1S/C23H23BrN4O4S/c1-3-31-22(30)20-14(2)26-23(33)27-21(20)17-6-4-5-7-18(17)32-13-19(29)28-25-12-15-8-10-16(24)11-9-15/h4-12,21H,3,13H2,1-2H3,(H,28,29)(H2,26,27,33)/t21-/m0/s1. The van der Waals surface area contributed by atoms with Gasteiger partial charge in [0.15, 0.2) is 11.7 Å². The van der Waals surface area contributed by atoms with Gasteiger partial charge < -0.3 is 20.1 Å². The normalized spacial score (nSPS) is 15.6. The summed E-state index contributed by atoms with van der Waals surface area (Å²) in [6.45, 7) is 3.48. The molecule has 0 saturated carbocycles. The van der Waals surface area contributed by atoms with Crippen molar-refractivity contribution in [1.29, 1.82) is 0 Å². The Morgan fingerprint density at radius 1 is 1.21 bits per heavy atom. The minimum atomic E-state index is -0.590. The van der Waals surface area contributed by atoms with Gasteiger partial charge in [-0.15, -0.1) is 0 Å². The summed E-state index contributed by atoms with van der Waals surface area (Å²) in [7, 11) is 0. The number of benzene rings is 2. The summed E-state index contributed by atoms with van der Waals surface area (Å²) in [6.07, 6.45) is 1.54. The van der Waals surface area contributed by atoms with Crippen LogP contribution >= 0.6 is 28.1 Å². The number of amides is 1. The fraction of sp³-hybridized carbons (Fsp3) is 0.217. The fourth-order valence-corrected chi connectivity index (χ4v) is 3.70. The maximum absolute atomic E-state index is 12.6. The number of hydrogen-bond acceptors (Lipinski definition) is 6. The van der Waals surface area contributed by atoms with Crippen molar-refractivity contribution in [3.63, 3.8) is 0 Å². The molecule has 0 aliphatic carbocycles. The number of allylic oxidation sites excluding steroid dienone is 1. The van der Waals surface area contributed by atoms with Crippen molar-refractivity contribution in [2.75, 3.05) is 13.2 Å². The highest BCUT2D eigenvalue weighted by molar-refractivity contribution is 9.10. The van der Waals surface area contributed by atoms with Crippen LogP contribution in [0.4, 0.5) is 0 Å². The van der Waals surface area contributed by atoms with E-state index in [0.29, 0.717) is 27.7 Å². The van der Waals surface area contributed by atoms with Crippen LogP contribution in [0.2, 0.25) is 0 Å². The molecule has 0 radical (unpaired) electrons. The van der Waals surface area contributed by atoms with Crippen LogP contribution in [0.1, 0.15) is 31.0 Å². The number of esters is 1. The third kappa shape index (κ3) is 6.62. The Hall–Kier alpha value is -3.24. The van der Waals surface area contributed by atoms with Gasteiger partial charge in [-0.1, -0.05) is 46.3 Å². The number of nitrogens with one attached hydrogen (secondary N) is 3. The predicted octanol–water partition coefficient (Wildman–Crippen LogP) is 3.33. The van der Waals surface area contributed by atoms with Crippen molar-refractivity contribution in [1.82, 2.24) is 16.1 Å². The van der Waals surface area contributed by atoms with Gasteiger partial charge in [-0.3, -0.25) is 4.79 Å². The molecule has 0 saturated heterocycles. The maximum atomic E-state index is 12.6. The lowest BCUT2D eigenvalue weighted by atomic mass is 9.95. The second-order valence-electron chi connectivity index (χ2n) is 6.96. The van der Waals surface area contributed by atoms with Crippen LogP contribution in [0.3, 0.4) is 0 Å². The number of hydrazone groups is 1. The summed E-state index contributed by atoms with van der Waals surface area (Å²) in [5.41, 5.74) is 4.91. The zero-order valence-corrected chi connectivity index (χ0v) is 20.5. The topological polar surface area (TPSA) is 101 Å². The molecule has 1 amide bonds. The first-order valence-electron chi connectivity index (χ1n) is 10.1. The van der Waals surface area contributed by atoms with Crippen LogP contribution in [0.5, 0.6) is 5.75 Å². The summed E-state index contributed by atoms with van der Waals surface area (Å²) >= 11 is 8.64. The van der Waals surface area contributed by atoms with E-state index in [4.69, 9.17) is 21.7 Å². The van der Waals surface area contributed by atoms with E-state index in [1.807, 2.05) is 30.3 Å². The van der Waals surface area contributed by atoms with Crippen molar-refractivity contribution in [3.05, 3.63) is 75.4 Å². The van der Waals surface area contributed by atoms with Gasteiger partial charge in [-0.05, 0) is 49.8 Å².